The lowest BCUT2D eigenvalue weighted by Gasteiger charge is -1.98. The van der Waals surface area contributed by atoms with Crippen molar-refractivity contribution in [2.45, 2.75) is 6.92 Å². The predicted molar refractivity (Wildman–Crippen MR) is 55.3 cm³/mol. The number of hydrogen-bond donors (Lipinski definition) is 0. The normalized spacial score (nSPS) is 10.7. The average molecular weight is 197 g/mol. The number of benzene rings is 1. The van der Waals surface area contributed by atoms with Gasteiger partial charge in [-0.05, 0) is 19.1 Å². The first kappa shape index (κ1) is 10.0. The van der Waals surface area contributed by atoms with Gasteiger partial charge < -0.3 is 0 Å². The zero-order valence-corrected chi connectivity index (χ0v) is 8.11. The Balaban J connectivity index is 3.06. The predicted octanol–water partition coefficient (Wildman–Crippen LogP) is 4.07. The minimum absolute atomic E-state index is 0.315. The number of rotatable bonds is 2. The molecule has 0 N–H and O–H groups in total. The standard InChI is InChI=1S/C11H10ClF/c1-8(2)6-7-9-10(12)4-3-5-11(9)13/h3-7H,1H2,2H3/b7-6+. The first-order valence-electron chi connectivity index (χ1n) is 3.89. The van der Waals surface area contributed by atoms with Crippen LogP contribution in [0.3, 0.4) is 0 Å². The van der Waals surface area contributed by atoms with Crippen LogP contribution in [0, 0.1) is 5.82 Å². The van der Waals surface area contributed by atoms with Crippen LogP contribution in [0.5, 0.6) is 0 Å². The fraction of sp³-hybridized carbons (Fsp3) is 0.0909. The lowest BCUT2D eigenvalue weighted by atomic mass is 10.1. The number of halogens is 2. The first-order chi connectivity index (χ1) is 6.11. The van der Waals surface area contributed by atoms with E-state index in [1.165, 1.54) is 6.07 Å². The lowest BCUT2D eigenvalue weighted by molar-refractivity contribution is 0.625. The van der Waals surface area contributed by atoms with Crippen molar-refractivity contribution in [3.05, 3.63) is 52.8 Å². The highest BCUT2D eigenvalue weighted by atomic mass is 35.5. The van der Waals surface area contributed by atoms with E-state index in [9.17, 15) is 4.39 Å². The van der Waals surface area contributed by atoms with Gasteiger partial charge in [0.15, 0.2) is 0 Å². The van der Waals surface area contributed by atoms with Gasteiger partial charge in [-0.15, -0.1) is 0 Å². The molecule has 13 heavy (non-hydrogen) atoms. The Bertz CT molecular complexity index is 333. The van der Waals surface area contributed by atoms with E-state index in [0.717, 1.165) is 5.57 Å². The molecule has 1 rings (SSSR count). The molecule has 0 fully saturated rings. The molecule has 0 aromatic heterocycles. The Kier molecular flexibility index (Phi) is 3.26. The molecule has 0 bridgehead atoms. The molecule has 0 heterocycles. The van der Waals surface area contributed by atoms with Crippen molar-refractivity contribution in [1.29, 1.82) is 0 Å². The van der Waals surface area contributed by atoms with Crippen molar-refractivity contribution in [3.63, 3.8) is 0 Å². The molecule has 0 aliphatic carbocycles. The summed E-state index contributed by atoms with van der Waals surface area (Å²) in [6.07, 6.45) is 3.35. The monoisotopic (exact) mass is 196 g/mol. The average Bonchev–Trinajstić information content (AvgIpc) is 2.03. The Morgan fingerprint density at radius 2 is 2.23 bits per heavy atom. The van der Waals surface area contributed by atoms with E-state index < -0.39 is 0 Å². The Morgan fingerprint density at radius 3 is 2.77 bits per heavy atom. The second-order valence-electron chi connectivity index (χ2n) is 2.82. The van der Waals surface area contributed by atoms with E-state index in [0.29, 0.717) is 10.6 Å². The van der Waals surface area contributed by atoms with Gasteiger partial charge >= 0.3 is 0 Å². The van der Waals surface area contributed by atoms with Crippen molar-refractivity contribution in [2.75, 3.05) is 0 Å². The summed E-state index contributed by atoms with van der Waals surface area (Å²) in [5.74, 6) is -0.315. The topological polar surface area (TPSA) is 0 Å². The third-order valence-corrected chi connectivity index (χ3v) is 1.86. The Hall–Kier alpha value is -1.08. The van der Waals surface area contributed by atoms with Gasteiger partial charge in [-0.3, -0.25) is 0 Å². The second-order valence-corrected chi connectivity index (χ2v) is 3.22. The highest BCUT2D eigenvalue weighted by Gasteiger charge is 2.01. The molecule has 0 spiro atoms. The van der Waals surface area contributed by atoms with Gasteiger partial charge in [0.2, 0.25) is 0 Å². The van der Waals surface area contributed by atoms with Crippen molar-refractivity contribution >= 4 is 17.7 Å². The minimum atomic E-state index is -0.315. The van der Waals surface area contributed by atoms with Crippen LogP contribution in [0.2, 0.25) is 5.02 Å². The van der Waals surface area contributed by atoms with Crippen LogP contribution in [0.1, 0.15) is 12.5 Å². The summed E-state index contributed by atoms with van der Waals surface area (Å²) >= 11 is 5.79. The fourth-order valence-electron chi connectivity index (χ4n) is 0.896. The molecule has 0 saturated carbocycles. The third kappa shape index (κ3) is 2.71. The van der Waals surface area contributed by atoms with Crippen molar-refractivity contribution < 1.29 is 4.39 Å². The Morgan fingerprint density at radius 1 is 1.54 bits per heavy atom. The highest BCUT2D eigenvalue weighted by Crippen LogP contribution is 2.20. The number of allylic oxidation sites excluding steroid dienone is 2. The van der Waals surface area contributed by atoms with Crippen LogP contribution in [0.15, 0.2) is 36.4 Å². The summed E-state index contributed by atoms with van der Waals surface area (Å²) < 4.78 is 13.1. The smallest absolute Gasteiger partial charge is 0.131 e. The lowest BCUT2D eigenvalue weighted by Crippen LogP contribution is -1.82. The number of hydrogen-bond acceptors (Lipinski definition) is 0. The molecule has 0 radical (unpaired) electrons. The molecule has 0 atom stereocenters. The Labute approximate surface area is 82.3 Å². The first-order valence-corrected chi connectivity index (χ1v) is 4.26. The molecular weight excluding hydrogens is 187 g/mol. The maximum Gasteiger partial charge on any atom is 0.131 e. The second kappa shape index (κ2) is 4.24. The van der Waals surface area contributed by atoms with Crippen molar-refractivity contribution in [2.24, 2.45) is 0 Å². The zero-order chi connectivity index (χ0) is 9.84. The van der Waals surface area contributed by atoms with E-state index in [1.54, 1.807) is 24.3 Å². The van der Waals surface area contributed by atoms with Crippen LogP contribution in [0.25, 0.3) is 6.08 Å². The summed E-state index contributed by atoms with van der Waals surface area (Å²) in [5, 5.41) is 0.414. The molecule has 2 heteroatoms. The summed E-state index contributed by atoms with van der Waals surface area (Å²) in [5.41, 5.74) is 1.27. The van der Waals surface area contributed by atoms with E-state index in [1.807, 2.05) is 6.92 Å². The molecule has 1 aromatic rings. The van der Waals surface area contributed by atoms with Gasteiger partial charge in [0.05, 0.1) is 5.02 Å². The molecule has 0 aliphatic heterocycles. The van der Waals surface area contributed by atoms with Crippen molar-refractivity contribution in [1.82, 2.24) is 0 Å². The zero-order valence-electron chi connectivity index (χ0n) is 7.35. The molecule has 68 valence electrons. The summed E-state index contributed by atoms with van der Waals surface area (Å²) in [4.78, 5) is 0. The van der Waals surface area contributed by atoms with E-state index in [-0.39, 0.29) is 5.82 Å². The third-order valence-electron chi connectivity index (χ3n) is 1.53. The highest BCUT2D eigenvalue weighted by molar-refractivity contribution is 6.32. The summed E-state index contributed by atoms with van der Waals surface area (Å²) in [6.45, 7) is 5.52. The molecule has 0 aliphatic rings. The summed E-state index contributed by atoms with van der Waals surface area (Å²) in [6, 6.07) is 4.61. The van der Waals surface area contributed by atoms with E-state index in [2.05, 4.69) is 6.58 Å². The molecular formula is C11H10ClF. The van der Waals surface area contributed by atoms with Gasteiger partial charge in [0.25, 0.3) is 0 Å². The van der Waals surface area contributed by atoms with Gasteiger partial charge in [0.1, 0.15) is 5.82 Å². The SMILES string of the molecule is C=C(C)/C=C/c1c(F)cccc1Cl. The molecule has 0 unspecified atom stereocenters. The van der Waals surface area contributed by atoms with Crippen LogP contribution >= 0.6 is 11.6 Å². The molecule has 0 saturated heterocycles. The molecule has 1 aromatic carbocycles. The van der Waals surface area contributed by atoms with Crippen LogP contribution < -0.4 is 0 Å². The van der Waals surface area contributed by atoms with Crippen LogP contribution in [-0.4, -0.2) is 0 Å². The van der Waals surface area contributed by atoms with Crippen LogP contribution in [0.4, 0.5) is 4.39 Å². The maximum absolute atomic E-state index is 13.1. The minimum Gasteiger partial charge on any atom is -0.206 e. The van der Waals surface area contributed by atoms with Crippen molar-refractivity contribution in [3.8, 4) is 0 Å². The van der Waals surface area contributed by atoms with Crippen LogP contribution in [-0.2, 0) is 0 Å². The molecule has 0 amide bonds. The fourth-order valence-corrected chi connectivity index (χ4v) is 1.12. The van der Waals surface area contributed by atoms with Gasteiger partial charge in [0, 0.05) is 5.56 Å². The summed E-state index contributed by atoms with van der Waals surface area (Å²) in [7, 11) is 0. The molecule has 0 nitrogen and oxygen atoms in total. The quantitative estimate of drug-likeness (QED) is 0.626. The maximum atomic E-state index is 13.1. The van der Waals surface area contributed by atoms with E-state index in [4.69, 9.17) is 11.6 Å². The van der Waals surface area contributed by atoms with Gasteiger partial charge in [-0.1, -0.05) is 42.0 Å². The largest absolute Gasteiger partial charge is 0.206 e. The van der Waals surface area contributed by atoms with E-state index >= 15 is 0 Å². The van der Waals surface area contributed by atoms with Gasteiger partial charge in [-0.25, -0.2) is 4.39 Å². The van der Waals surface area contributed by atoms with Gasteiger partial charge in [-0.2, -0.15) is 0 Å².